The van der Waals surface area contributed by atoms with Gasteiger partial charge in [0.25, 0.3) is 0 Å². The van der Waals surface area contributed by atoms with Crippen LogP contribution in [-0.4, -0.2) is 117 Å². The number of fused-ring (bicyclic) bond motifs is 1. The summed E-state index contributed by atoms with van der Waals surface area (Å²) in [5, 5.41) is 0. The van der Waals surface area contributed by atoms with Gasteiger partial charge in [-0.1, -0.05) is 6.07 Å². The van der Waals surface area contributed by atoms with Crippen LogP contribution in [0.4, 0.5) is 0 Å². The highest BCUT2D eigenvalue weighted by Crippen LogP contribution is 2.43. The number of likely N-dealkylation sites (tertiary alicyclic amines) is 1. The second-order valence-corrected chi connectivity index (χ2v) is 14.9. The standard InChI is InChI=1S/C44H60N2O10/c1-45(23-18-34-29-41(53-6)42(54-7)30-35(34)36(45)26-32-12-14-37(49-2)39(27-32)51-4)19-10-24-55-43(47)16-17-44(48)56-25-11-22-46(20-8-9-21-46)31-33-13-15-38(50-3)40(28-33)52-5/h12-17,27-30,36H,8-11,18-26,31H2,1-7H3/q+2/b17-16-/t36-,45-/m1/s1. The van der Waals surface area contributed by atoms with E-state index in [1.807, 2.05) is 24.3 Å². The molecule has 0 unspecified atom stereocenters. The number of quaternary nitrogens is 2. The molecule has 0 spiro atoms. The van der Waals surface area contributed by atoms with Gasteiger partial charge < -0.3 is 46.9 Å². The quantitative estimate of drug-likeness (QED) is 0.0565. The predicted octanol–water partition coefficient (Wildman–Crippen LogP) is 6.26. The molecule has 0 N–H and O–H groups in total. The Bertz CT molecular complexity index is 1820. The Morgan fingerprint density at radius 1 is 0.625 bits per heavy atom. The minimum absolute atomic E-state index is 0.0929. The summed E-state index contributed by atoms with van der Waals surface area (Å²) in [7, 11) is 12.1. The van der Waals surface area contributed by atoms with Crippen molar-refractivity contribution in [2.24, 2.45) is 0 Å². The molecule has 12 nitrogen and oxygen atoms in total. The van der Waals surface area contributed by atoms with Crippen molar-refractivity contribution in [1.29, 1.82) is 0 Å². The van der Waals surface area contributed by atoms with Crippen molar-refractivity contribution in [3.63, 3.8) is 0 Å². The van der Waals surface area contributed by atoms with Crippen LogP contribution in [0.2, 0.25) is 0 Å². The summed E-state index contributed by atoms with van der Waals surface area (Å²) in [5.41, 5.74) is 4.75. The molecule has 3 aromatic rings. The summed E-state index contributed by atoms with van der Waals surface area (Å²) >= 11 is 0. The van der Waals surface area contributed by atoms with Gasteiger partial charge in [0.15, 0.2) is 34.5 Å². The van der Waals surface area contributed by atoms with Crippen LogP contribution < -0.4 is 28.4 Å². The van der Waals surface area contributed by atoms with Gasteiger partial charge in [-0.25, -0.2) is 9.59 Å². The second-order valence-electron chi connectivity index (χ2n) is 14.9. The number of carbonyl (C=O) groups is 2. The van der Waals surface area contributed by atoms with Gasteiger partial charge in [-0.05, 0) is 53.6 Å². The number of benzene rings is 3. The average Bonchev–Trinajstić information content (AvgIpc) is 3.68. The van der Waals surface area contributed by atoms with Crippen molar-refractivity contribution in [2.45, 2.75) is 51.1 Å². The third kappa shape index (κ3) is 10.5. The maximum Gasteiger partial charge on any atom is 0.331 e. The SMILES string of the molecule is COc1ccc(C[C@@H]2c3cc(OC)c(OC)cc3CC[N@@+]2(C)CCCOC(=O)/C=C\C(=O)OCCC[N+]2(Cc3ccc(OC)c(OC)c3)CCCC2)cc1OC. The third-order valence-corrected chi connectivity index (χ3v) is 11.4. The average molecular weight is 777 g/mol. The Hall–Kier alpha value is -4.94. The molecule has 1 fully saturated rings. The van der Waals surface area contributed by atoms with Gasteiger partial charge in [0.1, 0.15) is 12.6 Å². The van der Waals surface area contributed by atoms with Crippen LogP contribution in [0.25, 0.3) is 0 Å². The first-order chi connectivity index (χ1) is 27.1. The molecular weight excluding hydrogens is 716 g/mol. The van der Waals surface area contributed by atoms with Crippen LogP contribution in [-0.2, 0) is 38.4 Å². The topological polar surface area (TPSA) is 108 Å². The van der Waals surface area contributed by atoms with E-state index in [0.717, 1.165) is 96.7 Å². The number of methoxy groups -OCH3 is 6. The molecule has 0 radical (unpaired) electrons. The number of rotatable bonds is 20. The van der Waals surface area contributed by atoms with E-state index in [4.69, 9.17) is 37.9 Å². The molecule has 2 heterocycles. The lowest BCUT2D eigenvalue weighted by Crippen LogP contribution is -2.52. The van der Waals surface area contributed by atoms with Crippen molar-refractivity contribution in [1.82, 2.24) is 0 Å². The van der Waals surface area contributed by atoms with E-state index < -0.39 is 11.9 Å². The van der Waals surface area contributed by atoms with E-state index in [1.165, 1.54) is 29.5 Å². The number of esters is 2. The molecule has 2 aliphatic heterocycles. The van der Waals surface area contributed by atoms with Gasteiger partial charge >= 0.3 is 11.9 Å². The minimum atomic E-state index is -0.566. The zero-order valence-corrected chi connectivity index (χ0v) is 34.2. The molecule has 0 aliphatic carbocycles. The first-order valence-electron chi connectivity index (χ1n) is 19.5. The van der Waals surface area contributed by atoms with Crippen molar-refractivity contribution < 1.29 is 56.5 Å². The Balaban J connectivity index is 1.12. The fourth-order valence-corrected chi connectivity index (χ4v) is 8.40. The van der Waals surface area contributed by atoms with E-state index in [0.29, 0.717) is 29.4 Å². The summed E-state index contributed by atoms with van der Waals surface area (Å²) in [6, 6.07) is 16.4. The number of hydrogen-bond acceptors (Lipinski definition) is 10. The fourth-order valence-electron chi connectivity index (χ4n) is 8.40. The lowest BCUT2D eigenvalue weighted by molar-refractivity contribution is -0.941. The van der Waals surface area contributed by atoms with Gasteiger partial charge in [0.05, 0.1) is 95.6 Å². The van der Waals surface area contributed by atoms with Crippen LogP contribution in [0.15, 0.2) is 60.7 Å². The molecule has 304 valence electrons. The number of likely N-dealkylation sites (N-methyl/N-ethyl adjacent to an activating group) is 1. The normalized spacial score (nSPS) is 18.5. The molecule has 3 aromatic carbocycles. The first kappa shape index (κ1) is 42.2. The molecule has 0 bridgehead atoms. The van der Waals surface area contributed by atoms with Gasteiger partial charge in [0, 0.05) is 61.8 Å². The Morgan fingerprint density at radius 2 is 1.12 bits per heavy atom. The van der Waals surface area contributed by atoms with Crippen molar-refractivity contribution in [2.75, 3.05) is 95.6 Å². The second kappa shape index (κ2) is 19.8. The number of carbonyl (C=O) groups excluding carboxylic acids is 2. The number of hydrogen-bond donors (Lipinski definition) is 0. The van der Waals surface area contributed by atoms with E-state index in [1.54, 1.807) is 42.7 Å². The summed E-state index contributed by atoms with van der Waals surface area (Å²) in [4.78, 5) is 25.1. The molecular formula is C44H60N2O10+2. The lowest BCUT2D eigenvalue weighted by Gasteiger charge is -2.46. The molecule has 2 atom stereocenters. The van der Waals surface area contributed by atoms with Crippen molar-refractivity contribution in [3.05, 3.63) is 82.9 Å². The van der Waals surface area contributed by atoms with Gasteiger partial charge in [-0.15, -0.1) is 0 Å². The molecule has 0 aromatic heterocycles. The van der Waals surface area contributed by atoms with Crippen LogP contribution >= 0.6 is 0 Å². The van der Waals surface area contributed by atoms with Gasteiger partial charge in [-0.3, -0.25) is 0 Å². The van der Waals surface area contributed by atoms with Crippen LogP contribution in [0.3, 0.4) is 0 Å². The Labute approximate surface area is 332 Å². The van der Waals surface area contributed by atoms with Crippen LogP contribution in [0.5, 0.6) is 34.5 Å². The number of nitrogens with zero attached hydrogens (tertiary/aromatic N) is 2. The smallest absolute Gasteiger partial charge is 0.331 e. The van der Waals surface area contributed by atoms with E-state index in [2.05, 4.69) is 31.3 Å². The van der Waals surface area contributed by atoms with E-state index in [-0.39, 0.29) is 19.3 Å². The van der Waals surface area contributed by atoms with E-state index >= 15 is 0 Å². The highest BCUT2D eigenvalue weighted by atomic mass is 16.5. The number of ether oxygens (including phenoxy) is 8. The summed E-state index contributed by atoms with van der Waals surface area (Å²) in [5.74, 6) is 3.11. The Kier molecular flexibility index (Phi) is 14.9. The van der Waals surface area contributed by atoms with E-state index in [9.17, 15) is 9.59 Å². The molecule has 2 aliphatic rings. The molecule has 56 heavy (non-hydrogen) atoms. The monoisotopic (exact) mass is 776 g/mol. The van der Waals surface area contributed by atoms with Crippen LogP contribution in [0.1, 0.15) is 54.0 Å². The van der Waals surface area contributed by atoms with Gasteiger partial charge in [-0.2, -0.15) is 0 Å². The highest BCUT2D eigenvalue weighted by Gasteiger charge is 2.40. The molecule has 0 saturated carbocycles. The summed E-state index contributed by atoms with van der Waals surface area (Å²) in [6.45, 7) is 6.14. The highest BCUT2D eigenvalue weighted by molar-refractivity contribution is 5.91. The first-order valence-corrected chi connectivity index (χ1v) is 19.5. The Morgan fingerprint density at radius 3 is 1.70 bits per heavy atom. The fraction of sp³-hybridized carbons (Fsp3) is 0.500. The maximum atomic E-state index is 12.6. The van der Waals surface area contributed by atoms with Crippen molar-refractivity contribution in [3.8, 4) is 34.5 Å². The maximum absolute atomic E-state index is 12.6. The van der Waals surface area contributed by atoms with Crippen molar-refractivity contribution >= 4 is 11.9 Å². The lowest BCUT2D eigenvalue weighted by atomic mass is 9.86. The molecule has 12 heteroatoms. The predicted molar refractivity (Wildman–Crippen MR) is 213 cm³/mol. The summed E-state index contributed by atoms with van der Waals surface area (Å²) in [6.07, 6.45) is 7.66. The molecule has 5 rings (SSSR count). The minimum Gasteiger partial charge on any atom is -0.493 e. The summed E-state index contributed by atoms with van der Waals surface area (Å²) < 4.78 is 46.0. The zero-order valence-electron chi connectivity index (χ0n) is 34.2. The van der Waals surface area contributed by atoms with Crippen LogP contribution in [0, 0.1) is 0 Å². The largest absolute Gasteiger partial charge is 0.493 e. The van der Waals surface area contributed by atoms with Gasteiger partial charge in [0.2, 0.25) is 0 Å². The molecule has 0 amide bonds. The molecule has 1 saturated heterocycles. The zero-order chi connectivity index (χ0) is 40.1. The third-order valence-electron chi connectivity index (χ3n) is 11.4.